The molecular formula is C22H19N5O4. The minimum atomic E-state index is -1.39. The third kappa shape index (κ3) is 3.02. The SMILES string of the molecule is COc1ccc2c(c1)C(=O)N(C[C@@]1(c3ccc(-n4cccn4)cc3)NC(=O)NC1=O)C2. The van der Waals surface area contributed by atoms with Gasteiger partial charge in [0.15, 0.2) is 5.54 Å². The fourth-order valence-electron chi connectivity index (χ4n) is 4.10. The molecular weight excluding hydrogens is 398 g/mol. The van der Waals surface area contributed by atoms with Crippen LogP contribution in [0.1, 0.15) is 21.5 Å². The molecule has 9 nitrogen and oxygen atoms in total. The summed E-state index contributed by atoms with van der Waals surface area (Å²) >= 11 is 0. The van der Waals surface area contributed by atoms with E-state index in [1.54, 1.807) is 47.2 Å². The molecule has 2 aliphatic heterocycles. The third-order valence-corrected chi connectivity index (χ3v) is 5.69. The predicted molar refractivity (Wildman–Crippen MR) is 110 cm³/mol. The molecule has 2 aliphatic rings. The number of aromatic nitrogens is 2. The molecule has 3 heterocycles. The van der Waals surface area contributed by atoms with Gasteiger partial charge in [-0.25, -0.2) is 9.48 Å². The van der Waals surface area contributed by atoms with Crippen LogP contribution in [0.25, 0.3) is 5.69 Å². The topological polar surface area (TPSA) is 106 Å². The predicted octanol–water partition coefficient (Wildman–Crippen LogP) is 1.57. The molecule has 31 heavy (non-hydrogen) atoms. The molecule has 1 saturated heterocycles. The van der Waals surface area contributed by atoms with Crippen molar-refractivity contribution in [3.63, 3.8) is 0 Å². The molecule has 0 unspecified atom stereocenters. The number of hydrogen-bond acceptors (Lipinski definition) is 5. The molecule has 0 aliphatic carbocycles. The second-order valence-corrected chi connectivity index (χ2v) is 7.50. The smallest absolute Gasteiger partial charge is 0.322 e. The molecule has 4 amide bonds. The summed E-state index contributed by atoms with van der Waals surface area (Å²) in [5.41, 5.74) is 1.38. The van der Waals surface area contributed by atoms with Crippen LogP contribution in [0.5, 0.6) is 5.75 Å². The van der Waals surface area contributed by atoms with Gasteiger partial charge in [0.25, 0.3) is 11.8 Å². The zero-order valence-electron chi connectivity index (χ0n) is 16.7. The lowest BCUT2D eigenvalue weighted by Crippen LogP contribution is -2.52. The number of nitrogens with zero attached hydrogens (tertiary/aromatic N) is 3. The summed E-state index contributed by atoms with van der Waals surface area (Å²) < 4.78 is 6.91. The number of amides is 4. The largest absolute Gasteiger partial charge is 0.497 e. The number of hydrogen-bond donors (Lipinski definition) is 2. The van der Waals surface area contributed by atoms with E-state index in [1.807, 2.05) is 30.5 Å². The Balaban J connectivity index is 1.48. The first kappa shape index (κ1) is 18.9. The molecule has 1 fully saturated rings. The molecule has 0 radical (unpaired) electrons. The Morgan fingerprint density at radius 3 is 2.58 bits per heavy atom. The van der Waals surface area contributed by atoms with E-state index >= 15 is 0 Å². The standard InChI is InChI=1S/C22H19N5O4/c1-31-17-8-3-14-12-26(19(28)18(14)11-17)13-22(20(29)24-21(30)25-22)15-4-6-16(7-5-15)27-10-2-9-23-27/h2-11H,12-13H2,1H3,(H2,24,25,29,30)/t22-/m0/s1. The Bertz CT molecular complexity index is 1190. The van der Waals surface area contributed by atoms with Crippen LogP contribution >= 0.6 is 0 Å². The summed E-state index contributed by atoms with van der Waals surface area (Å²) in [6.45, 7) is 0.343. The summed E-state index contributed by atoms with van der Waals surface area (Å²) in [5.74, 6) is -0.120. The maximum absolute atomic E-state index is 13.0. The van der Waals surface area contributed by atoms with Gasteiger partial charge in [0.2, 0.25) is 0 Å². The molecule has 0 bridgehead atoms. The minimum Gasteiger partial charge on any atom is -0.497 e. The number of rotatable bonds is 5. The van der Waals surface area contributed by atoms with Crippen LogP contribution < -0.4 is 15.4 Å². The summed E-state index contributed by atoms with van der Waals surface area (Å²) in [5, 5.41) is 9.25. The van der Waals surface area contributed by atoms with Gasteiger partial charge in [-0.1, -0.05) is 18.2 Å². The maximum Gasteiger partial charge on any atom is 0.322 e. The van der Waals surface area contributed by atoms with Gasteiger partial charge in [-0.3, -0.25) is 14.9 Å². The number of imide groups is 1. The van der Waals surface area contributed by atoms with Gasteiger partial charge in [-0.05, 0) is 41.5 Å². The molecule has 2 aromatic carbocycles. The summed E-state index contributed by atoms with van der Waals surface area (Å²) in [6.07, 6.45) is 3.48. The highest BCUT2D eigenvalue weighted by Gasteiger charge is 2.50. The average Bonchev–Trinajstić information content (AvgIpc) is 3.48. The van der Waals surface area contributed by atoms with E-state index in [4.69, 9.17) is 4.74 Å². The Hall–Kier alpha value is -4.14. The normalized spacial score (nSPS) is 19.9. The van der Waals surface area contributed by atoms with Gasteiger partial charge in [0, 0.05) is 24.5 Å². The first-order valence-corrected chi connectivity index (χ1v) is 9.70. The molecule has 5 rings (SSSR count). The van der Waals surface area contributed by atoms with Gasteiger partial charge >= 0.3 is 6.03 Å². The van der Waals surface area contributed by atoms with E-state index in [9.17, 15) is 14.4 Å². The number of urea groups is 1. The van der Waals surface area contributed by atoms with Crippen LogP contribution in [0.15, 0.2) is 60.9 Å². The van der Waals surface area contributed by atoms with Gasteiger partial charge in [0.05, 0.1) is 19.3 Å². The van der Waals surface area contributed by atoms with Crippen LogP contribution in [0, 0.1) is 0 Å². The minimum absolute atomic E-state index is 0.00151. The number of methoxy groups -OCH3 is 1. The first-order chi connectivity index (χ1) is 15.0. The fourth-order valence-corrected chi connectivity index (χ4v) is 4.10. The molecule has 3 aromatic rings. The Morgan fingerprint density at radius 2 is 1.94 bits per heavy atom. The number of nitrogens with one attached hydrogen (secondary N) is 2. The van der Waals surface area contributed by atoms with Gasteiger partial charge in [-0.2, -0.15) is 5.10 Å². The highest BCUT2D eigenvalue weighted by molar-refractivity contribution is 6.08. The number of carbonyl (C=O) groups is 3. The van der Waals surface area contributed by atoms with Crippen molar-refractivity contribution in [2.24, 2.45) is 0 Å². The van der Waals surface area contributed by atoms with Crippen LogP contribution in [0.3, 0.4) is 0 Å². The second-order valence-electron chi connectivity index (χ2n) is 7.50. The summed E-state index contributed by atoms with van der Waals surface area (Å²) in [4.78, 5) is 39.6. The Morgan fingerprint density at radius 1 is 1.13 bits per heavy atom. The van der Waals surface area contributed by atoms with E-state index in [0.29, 0.717) is 23.4 Å². The van der Waals surface area contributed by atoms with Gasteiger partial charge in [-0.15, -0.1) is 0 Å². The summed E-state index contributed by atoms with van der Waals surface area (Å²) in [7, 11) is 1.54. The Kier molecular flexibility index (Phi) is 4.25. The van der Waals surface area contributed by atoms with Crippen molar-refractivity contribution in [2.75, 3.05) is 13.7 Å². The average molecular weight is 417 g/mol. The summed E-state index contributed by atoms with van der Waals surface area (Å²) in [6, 6.07) is 13.7. The van der Waals surface area contributed by atoms with Crippen molar-refractivity contribution >= 4 is 17.8 Å². The second kappa shape index (κ2) is 6.98. The number of fused-ring (bicyclic) bond motifs is 1. The molecule has 9 heteroatoms. The van der Waals surface area contributed by atoms with E-state index in [0.717, 1.165) is 11.3 Å². The zero-order valence-corrected chi connectivity index (χ0v) is 16.7. The quantitative estimate of drug-likeness (QED) is 0.613. The molecule has 156 valence electrons. The Labute approximate surface area is 177 Å². The molecule has 2 N–H and O–H groups in total. The third-order valence-electron chi connectivity index (χ3n) is 5.69. The van der Waals surface area contributed by atoms with Crippen molar-refractivity contribution in [1.82, 2.24) is 25.3 Å². The number of ether oxygens (including phenoxy) is 1. The lowest BCUT2D eigenvalue weighted by Gasteiger charge is -2.31. The molecule has 1 aromatic heterocycles. The molecule has 0 saturated carbocycles. The number of benzene rings is 2. The highest BCUT2D eigenvalue weighted by atomic mass is 16.5. The molecule has 0 spiro atoms. The lowest BCUT2D eigenvalue weighted by atomic mass is 9.89. The van der Waals surface area contributed by atoms with Crippen LogP contribution in [-0.4, -0.2) is 46.2 Å². The van der Waals surface area contributed by atoms with E-state index < -0.39 is 17.5 Å². The van der Waals surface area contributed by atoms with Crippen LogP contribution in [0.2, 0.25) is 0 Å². The monoisotopic (exact) mass is 417 g/mol. The van der Waals surface area contributed by atoms with Crippen LogP contribution in [-0.2, 0) is 16.9 Å². The lowest BCUT2D eigenvalue weighted by molar-refractivity contribution is -0.124. The van der Waals surface area contributed by atoms with E-state index in [-0.39, 0.29) is 12.5 Å². The van der Waals surface area contributed by atoms with Crippen molar-refractivity contribution in [3.05, 3.63) is 77.6 Å². The van der Waals surface area contributed by atoms with Crippen molar-refractivity contribution in [3.8, 4) is 11.4 Å². The van der Waals surface area contributed by atoms with Crippen molar-refractivity contribution in [1.29, 1.82) is 0 Å². The number of carbonyl (C=O) groups excluding carboxylic acids is 3. The zero-order chi connectivity index (χ0) is 21.6. The van der Waals surface area contributed by atoms with E-state index in [1.165, 1.54) is 0 Å². The van der Waals surface area contributed by atoms with Gasteiger partial charge in [0.1, 0.15) is 5.75 Å². The first-order valence-electron chi connectivity index (χ1n) is 9.70. The van der Waals surface area contributed by atoms with Crippen molar-refractivity contribution in [2.45, 2.75) is 12.1 Å². The van der Waals surface area contributed by atoms with E-state index in [2.05, 4.69) is 15.7 Å². The maximum atomic E-state index is 13.0. The van der Waals surface area contributed by atoms with Crippen LogP contribution in [0.4, 0.5) is 4.79 Å². The van der Waals surface area contributed by atoms with Crippen molar-refractivity contribution < 1.29 is 19.1 Å². The van der Waals surface area contributed by atoms with Gasteiger partial charge < -0.3 is 15.0 Å². The highest BCUT2D eigenvalue weighted by Crippen LogP contribution is 2.32. The molecule has 1 atom stereocenters. The fraction of sp³-hybridized carbons (Fsp3) is 0.182.